The lowest BCUT2D eigenvalue weighted by Gasteiger charge is -2.60. The molecule has 1 amide bonds. The van der Waals surface area contributed by atoms with E-state index in [9.17, 15) is 9.59 Å². The second-order valence-corrected chi connectivity index (χ2v) is 12.5. The highest BCUT2D eigenvalue weighted by atomic mass is 16.5. The van der Waals surface area contributed by atoms with Gasteiger partial charge in [-0.3, -0.25) is 4.79 Å². The molecule has 33 heavy (non-hydrogen) atoms. The molecule has 1 heterocycles. The summed E-state index contributed by atoms with van der Waals surface area (Å²) in [6.07, 6.45) is 13.7. The quantitative estimate of drug-likeness (QED) is 0.483. The number of nitrogens with two attached hydrogens (primary N) is 1. The smallest absolute Gasteiger partial charge is 0.331 e. The second-order valence-electron chi connectivity index (χ2n) is 12.5. The van der Waals surface area contributed by atoms with Crippen LogP contribution in [0.2, 0.25) is 0 Å². The summed E-state index contributed by atoms with van der Waals surface area (Å²) >= 11 is 0. The summed E-state index contributed by atoms with van der Waals surface area (Å²) < 4.78 is 5.27. The molecule has 3 N–H and O–H groups in total. The molecule has 5 aliphatic rings. The Hall–Kier alpha value is -1.62. The van der Waals surface area contributed by atoms with Crippen molar-refractivity contribution < 1.29 is 14.3 Å². The molecule has 8 atom stereocenters. The minimum absolute atomic E-state index is 0.0200. The molecular formula is C28H42N2O3. The molecule has 0 aromatic carbocycles. The summed E-state index contributed by atoms with van der Waals surface area (Å²) in [5.41, 5.74) is 9.53. The number of carbonyl (C=O) groups excluding carboxylic acids is 2. The van der Waals surface area contributed by atoms with Crippen molar-refractivity contribution in [1.29, 1.82) is 0 Å². The van der Waals surface area contributed by atoms with E-state index in [0.29, 0.717) is 29.8 Å². The van der Waals surface area contributed by atoms with Crippen molar-refractivity contribution >= 4 is 11.9 Å². The number of amides is 1. The third-order valence-corrected chi connectivity index (χ3v) is 10.6. The van der Waals surface area contributed by atoms with E-state index in [0.717, 1.165) is 25.2 Å². The maximum absolute atomic E-state index is 12.6. The Bertz CT molecular complexity index is 892. The topological polar surface area (TPSA) is 81.4 Å². The minimum Gasteiger partial charge on any atom is -0.458 e. The first-order valence-electron chi connectivity index (χ1n) is 13.3. The van der Waals surface area contributed by atoms with Gasteiger partial charge in [-0.05, 0) is 97.4 Å². The number of esters is 1. The van der Waals surface area contributed by atoms with Crippen molar-refractivity contribution in [2.24, 2.45) is 46.2 Å². The Balaban J connectivity index is 1.29. The SMILES string of the molecule is CC(C)[C@H](N)C(=O)N[C@H]1CC[C@@]2(C)[C@H](CC[C@H]3C4=CC[C@H](C5=CC(=O)OC5)[C@@]4(C)CC[C@@H]32)C1. The Kier molecular flexibility index (Phi) is 5.78. The van der Waals surface area contributed by atoms with E-state index in [1.54, 1.807) is 11.6 Å². The average molecular weight is 455 g/mol. The lowest BCUT2D eigenvalue weighted by molar-refractivity contribution is -0.135. The minimum atomic E-state index is -0.414. The lowest BCUT2D eigenvalue weighted by Crippen LogP contribution is -2.55. The van der Waals surface area contributed by atoms with Crippen molar-refractivity contribution in [3.63, 3.8) is 0 Å². The van der Waals surface area contributed by atoms with E-state index >= 15 is 0 Å². The van der Waals surface area contributed by atoms with Gasteiger partial charge in [0.2, 0.25) is 5.91 Å². The first-order chi connectivity index (χ1) is 15.6. The Labute approximate surface area is 199 Å². The molecule has 0 saturated heterocycles. The van der Waals surface area contributed by atoms with Gasteiger partial charge in [0.25, 0.3) is 0 Å². The third kappa shape index (κ3) is 3.69. The van der Waals surface area contributed by atoms with Gasteiger partial charge in [0.15, 0.2) is 0 Å². The maximum atomic E-state index is 12.6. The van der Waals surface area contributed by atoms with E-state index in [1.807, 2.05) is 13.8 Å². The zero-order valence-electron chi connectivity index (χ0n) is 20.9. The van der Waals surface area contributed by atoms with Crippen LogP contribution in [0, 0.1) is 40.4 Å². The Morgan fingerprint density at radius 2 is 1.97 bits per heavy atom. The molecule has 3 saturated carbocycles. The number of hydrogen-bond donors (Lipinski definition) is 2. The molecule has 0 spiro atoms. The third-order valence-electron chi connectivity index (χ3n) is 10.6. The van der Waals surface area contributed by atoms with Gasteiger partial charge in [0.05, 0.1) is 6.04 Å². The molecule has 5 heteroatoms. The first kappa shape index (κ1) is 23.1. The molecule has 0 aromatic rings. The molecule has 0 radical (unpaired) electrons. The van der Waals surface area contributed by atoms with Crippen molar-refractivity contribution in [3.05, 3.63) is 23.3 Å². The molecule has 0 bridgehead atoms. The maximum Gasteiger partial charge on any atom is 0.331 e. The number of nitrogens with one attached hydrogen (secondary N) is 1. The molecule has 0 aromatic heterocycles. The fourth-order valence-corrected chi connectivity index (χ4v) is 8.47. The van der Waals surface area contributed by atoms with Gasteiger partial charge in [-0.15, -0.1) is 0 Å². The van der Waals surface area contributed by atoms with Gasteiger partial charge in [-0.25, -0.2) is 4.79 Å². The summed E-state index contributed by atoms with van der Waals surface area (Å²) in [6, 6.07) is -0.143. The molecule has 182 valence electrons. The monoisotopic (exact) mass is 454 g/mol. The number of cyclic esters (lactones) is 1. The normalized spacial score (nSPS) is 43.1. The van der Waals surface area contributed by atoms with Gasteiger partial charge in [-0.2, -0.15) is 0 Å². The Morgan fingerprint density at radius 1 is 1.18 bits per heavy atom. The van der Waals surface area contributed by atoms with Crippen LogP contribution in [0.15, 0.2) is 23.3 Å². The fraction of sp³-hybridized carbons (Fsp3) is 0.786. The van der Waals surface area contributed by atoms with Gasteiger partial charge in [-0.1, -0.05) is 39.3 Å². The molecule has 3 fully saturated rings. The van der Waals surface area contributed by atoms with E-state index in [1.165, 1.54) is 37.7 Å². The standard InChI is InChI=1S/C28H42N2O3/c1-16(2)25(29)26(32)30-19-9-11-27(3)18(14-19)5-6-20-22-8-7-21(17-13-24(31)33-15-17)28(22,4)12-10-23(20)27/h8,13,16,18-21,23,25H,5-7,9-12,14-15,29H2,1-4H3,(H,30,32)/t18-,19+,20+,21-,23+,25+,27+,28-/m1/s1. The molecule has 0 unspecified atom stereocenters. The lowest BCUT2D eigenvalue weighted by atomic mass is 9.45. The number of fused-ring (bicyclic) bond motifs is 5. The van der Waals surface area contributed by atoms with E-state index < -0.39 is 6.04 Å². The van der Waals surface area contributed by atoms with E-state index in [2.05, 4.69) is 25.2 Å². The molecule has 4 aliphatic carbocycles. The molecular weight excluding hydrogens is 412 g/mol. The molecule has 5 rings (SSSR count). The zero-order valence-corrected chi connectivity index (χ0v) is 20.9. The first-order valence-corrected chi connectivity index (χ1v) is 13.3. The second kappa shape index (κ2) is 8.25. The number of hydrogen-bond acceptors (Lipinski definition) is 4. The number of ether oxygens (including phenoxy) is 1. The van der Waals surface area contributed by atoms with E-state index in [-0.39, 0.29) is 29.3 Å². The van der Waals surface area contributed by atoms with Gasteiger partial charge in [0.1, 0.15) is 6.61 Å². The Morgan fingerprint density at radius 3 is 2.67 bits per heavy atom. The van der Waals surface area contributed by atoms with Crippen LogP contribution in [-0.4, -0.2) is 30.6 Å². The van der Waals surface area contributed by atoms with E-state index in [4.69, 9.17) is 10.5 Å². The average Bonchev–Trinajstić information content (AvgIpc) is 3.35. The fourth-order valence-electron chi connectivity index (χ4n) is 8.47. The highest BCUT2D eigenvalue weighted by Gasteiger charge is 2.58. The van der Waals surface area contributed by atoms with Gasteiger partial charge >= 0.3 is 5.97 Å². The van der Waals surface area contributed by atoms with Crippen LogP contribution in [0.3, 0.4) is 0 Å². The summed E-state index contributed by atoms with van der Waals surface area (Å²) in [6.45, 7) is 9.51. The van der Waals surface area contributed by atoms with Crippen molar-refractivity contribution in [3.8, 4) is 0 Å². The van der Waals surface area contributed by atoms with Crippen molar-refractivity contribution in [2.45, 2.75) is 91.1 Å². The summed E-state index contributed by atoms with van der Waals surface area (Å²) in [7, 11) is 0. The van der Waals surface area contributed by atoms with Crippen LogP contribution in [0.5, 0.6) is 0 Å². The molecule has 1 aliphatic heterocycles. The zero-order chi connectivity index (χ0) is 23.5. The van der Waals surface area contributed by atoms with Gasteiger partial charge in [0, 0.05) is 12.1 Å². The predicted octanol–water partition coefficient (Wildman–Crippen LogP) is 4.52. The van der Waals surface area contributed by atoms with Crippen LogP contribution in [-0.2, 0) is 14.3 Å². The van der Waals surface area contributed by atoms with Gasteiger partial charge < -0.3 is 15.8 Å². The van der Waals surface area contributed by atoms with Crippen molar-refractivity contribution in [2.75, 3.05) is 6.61 Å². The van der Waals surface area contributed by atoms with Crippen LogP contribution in [0.25, 0.3) is 0 Å². The van der Waals surface area contributed by atoms with Crippen LogP contribution in [0.4, 0.5) is 0 Å². The largest absolute Gasteiger partial charge is 0.458 e. The summed E-state index contributed by atoms with van der Waals surface area (Å²) in [4.78, 5) is 24.3. The van der Waals surface area contributed by atoms with Crippen LogP contribution >= 0.6 is 0 Å². The predicted molar refractivity (Wildman–Crippen MR) is 129 cm³/mol. The van der Waals surface area contributed by atoms with Crippen molar-refractivity contribution in [1.82, 2.24) is 5.32 Å². The summed E-state index contributed by atoms with van der Waals surface area (Å²) in [5, 5.41) is 3.29. The number of rotatable bonds is 4. The molecule has 5 nitrogen and oxygen atoms in total. The number of allylic oxidation sites excluding steroid dienone is 2. The van der Waals surface area contributed by atoms with Crippen LogP contribution < -0.4 is 11.1 Å². The van der Waals surface area contributed by atoms with Crippen LogP contribution in [0.1, 0.15) is 79.1 Å². The summed E-state index contributed by atoms with van der Waals surface area (Å²) in [5.74, 6) is 2.54. The number of carbonyl (C=O) groups is 2. The highest BCUT2D eigenvalue weighted by Crippen LogP contribution is 2.66. The highest BCUT2D eigenvalue weighted by molar-refractivity contribution is 5.85.